The highest BCUT2D eigenvalue weighted by Gasteiger charge is 2.20. The first-order valence-electron chi connectivity index (χ1n) is 8.84. The van der Waals surface area contributed by atoms with Gasteiger partial charge in [0.15, 0.2) is 0 Å². The molecule has 2 saturated heterocycles. The van der Waals surface area contributed by atoms with Gasteiger partial charge in [-0.1, -0.05) is 6.92 Å². The molecule has 1 atom stereocenters. The first kappa shape index (κ1) is 16.3. The lowest BCUT2D eigenvalue weighted by Crippen LogP contribution is -2.49. The fraction of sp³-hybridized carbons (Fsp3) is 1.00. The Balaban J connectivity index is 1.55. The molecule has 2 fully saturated rings. The molecule has 3 heteroatoms. The van der Waals surface area contributed by atoms with Crippen molar-refractivity contribution < 1.29 is 0 Å². The Kier molecular flexibility index (Phi) is 6.79. The number of piperazine rings is 1. The van der Waals surface area contributed by atoms with Crippen molar-refractivity contribution in [1.29, 1.82) is 0 Å². The lowest BCUT2D eigenvalue weighted by Gasteiger charge is -2.38. The van der Waals surface area contributed by atoms with Gasteiger partial charge in [-0.05, 0) is 71.6 Å². The normalized spacial score (nSPS) is 25.9. The lowest BCUT2D eigenvalue weighted by molar-refractivity contribution is 0.0974. The minimum atomic E-state index is 0.774. The molecule has 2 rings (SSSR count). The monoisotopic (exact) mass is 281 g/mol. The van der Waals surface area contributed by atoms with E-state index in [-0.39, 0.29) is 0 Å². The molecule has 3 nitrogen and oxygen atoms in total. The van der Waals surface area contributed by atoms with Crippen molar-refractivity contribution in [3.8, 4) is 0 Å². The van der Waals surface area contributed by atoms with Crippen LogP contribution in [-0.4, -0.2) is 73.6 Å². The van der Waals surface area contributed by atoms with Crippen LogP contribution in [0.5, 0.6) is 0 Å². The SMILES string of the molecule is CCC(C)N1CCN(CCCC2CCN(C)CC2)CC1. The standard InChI is InChI=1S/C17H35N3/c1-4-16(2)20-14-12-19(13-15-20)9-5-6-17-7-10-18(3)11-8-17/h16-17H,4-15H2,1-3H3. The maximum atomic E-state index is 2.69. The summed E-state index contributed by atoms with van der Waals surface area (Å²) in [4.78, 5) is 7.83. The minimum absolute atomic E-state index is 0.774. The zero-order chi connectivity index (χ0) is 14.4. The van der Waals surface area contributed by atoms with Gasteiger partial charge in [-0.15, -0.1) is 0 Å². The fourth-order valence-electron chi connectivity index (χ4n) is 3.64. The molecule has 0 aromatic rings. The molecule has 0 aromatic carbocycles. The molecule has 0 spiro atoms. The third-order valence-electron chi connectivity index (χ3n) is 5.55. The average molecular weight is 281 g/mol. The first-order valence-corrected chi connectivity index (χ1v) is 8.84. The van der Waals surface area contributed by atoms with Gasteiger partial charge in [0.2, 0.25) is 0 Å². The Morgan fingerprint density at radius 3 is 2.25 bits per heavy atom. The summed E-state index contributed by atoms with van der Waals surface area (Å²) >= 11 is 0. The van der Waals surface area contributed by atoms with Crippen molar-refractivity contribution in [2.45, 2.75) is 52.0 Å². The van der Waals surface area contributed by atoms with E-state index in [1.807, 2.05) is 0 Å². The quantitative estimate of drug-likeness (QED) is 0.741. The Morgan fingerprint density at radius 2 is 1.65 bits per heavy atom. The molecule has 20 heavy (non-hydrogen) atoms. The molecule has 0 N–H and O–H groups in total. The summed E-state index contributed by atoms with van der Waals surface area (Å²) in [6.45, 7) is 13.8. The number of piperidine rings is 1. The van der Waals surface area contributed by atoms with E-state index >= 15 is 0 Å². The minimum Gasteiger partial charge on any atom is -0.306 e. The second-order valence-electron chi connectivity index (χ2n) is 7.02. The Hall–Kier alpha value is -0.120. The zero-order valence-corrected chi connectivity index (χ0v) is 14.0. The maximum absolute atomic E-state index is 2.69. The van der Waals surface area contributed by atoms with Crippen LogP contribution in [-0.2, 0) is 0 Å². The second-order valence-corrected chi connectivity index (χ2v) is 7.02. The number of hydrogen-bond donors (Lipinski definition) is 0. The van der Waals surface area contributed by atoms with Crippen LogP contribution in [0.1, 0.15) is 46.0 Å². The molecular weight excluding hydrogens is 246 g/mol. The topological polar surface area (TPSA) is 9.72 Å². The van der Waals surface area contributed by atoms with Gasteiger partial charge >= 0.3 is 0 Å². The molecular formula is C17H35N3. The van der Waals surface area contributed by atoms with Gasteiger partial charge in [-0.3, -0.25) is 4.90 Å². The maximum Gasteiger partial charge on any atom is 0.0113 e. The van der Waals surface area contributed by atoms with Gasteiger partial charge in [0.25, 0.3) is 0 Å². The number of nitrogens with zero attached hydrogens (tertiary/aromatic N) is 3. The molecule has 0 aliphatic carbocycles. The summed E-state index contributed by atoms with van der Waals surface area (Å²) < 4.78 is 0. The number of hydrogen-bond acceptors (Lipinski definition) is 3. The van der Waals surface area contributed by atoms with Gasteiger partial charge in [0, 0.05) is 32.2 Å². The van der Waals surface area contributed by atoms with Crippen LogP contribution in [0.3, 0.4) is 0 Å². The van der Waals surface area contributed by atoms with Crippen LogP contribution < -0.4 is 0 Å². The van der Waals surface area contributed by atoms with Crippen LogP contribution in [0.25, 0.3) is 0 Å². The Labute approximate surface area is 126 Å². The average Bonchev–Trinajstić information content (AvgIpc) is 2.49. The summed E-state index contributed by atoms with van der Waals surface area (Å²) in [6, 6.07) is 0.774. The van der Waals surface area contributed by atoms with Crippen molar-refractivity contribution in [1.82, 2.24) is 14.7 Å². The predicted octanol–water partition coefficient (Wildman–Crippen LogP) is 2.52. The van der Waals surface area contributed by atoms with E-state index in [1.165, 1.54) is 77.9 Å². The van der Waals surface area contributed by atoms with E-state index in [1.54, 1.807) is 0 Å². The Morgan fingerprint density at radius 1 is 1.00 bits per heavy atom. The number of likely N-dealkylation sites (tertiary alicyclic amines) is 1. The van der Waals surface area contributed by atoms with Gasteiger partial charge < -0.3 is 9.80 Å². The van der Waals surface area contributed by atoms with Crippen molar-refractivity contribution in [2.75, 3.05) is 52.9 Å². The van der Waals surface area contributed by atoms with Crippen molar-refractivity contribution in [2.24, 2.45) is 5.92 Å². The van der Waals surface area contributed by atoms with Crippen molar-refractivity contribution in [3.63, 3.8) is 0 Å². The highest BCUT2D eigenvalue weighted by Crippen LogP contribution is 2.21. The van der Waals surface area contributed by atoms with Gasteiger partial charge in [-0.2, -0.15) is 0 Å². The van der Waals surface area contributed by atoms with Crippen molar-refractivity contribution >= 4 is 0 Å². The molecule has 0 bridgehead atoms. The predicted molar refractivity (Wildman–Crippen MR) is 87.2 cm³/mol. The van der Waals surface area contributed by atoms with Crippen molar-refractivity contribution in [3.05, 3.63) is 0 Å². The molecule has 118 valence electrons. The lowest BCUT2D eigenvalue weighted by atomic mass is 9.92. The van der Waals surface area contributed by atoms with E-state index in [0.717, 1.165) is 12.0 Å². The Bertz CT molecular complexity index is 253. The highest BCUT2D eigenvalue weighted by molar-refractivity contribution is 4.76. The van der Waals surface area contributed by atoms with Gasteiger partial charge in [-0.25, -0.2) is 0 Å². The van der Waals surface area contributed by atoms with E-state index in [2.05, 4.69) is 35.6 Å². The van der Waals surface area contributed by atoms with Gasteiger partial charge in [0.1, 0.15) is 0 Å². The molecule has 1 unspecified atom stereocenters. The summed E-state index contributed by atoms with van der Waals surface area (Å²) in [5.74, 6) is 1.01. The van der Waals surface area contributed by atoms with Crippen LogP contribution in [0.15, 0.2) is 0 Å². The molecule has 0 radical (unpaired) electrons. The summed E-state index contributed by atoms with van der Waals surface area (Å²) in [5.41, 5.74) is 0. The molecule has 2 heterocycles. The molecule has 2 aliphatic heterocycles. The van der Waals surface area contributed by atoms with Crippen LogP contribution in [0, 0.1) is 5.92 Å². The van der Waals surface area contributed by atoms with E-state index in [4.69, 9.17) is 0 Å². The van der Waals surface area contributed by atoms with E-state index < -0.39 is 0 Å². The largest absolute Gasteiger partial charge is 0.306 e. The molecule has 2 aliphatic rings. The fourth-order valence-corrected chi connectivity index (χ4v) is 3.64. The molecule has 0 aromatic heterocycles. The second kappa shape index (κ2) is 8.35. The highest BCUT2D eigenvalue weighted by atomic mass is 15.3. The summed E-state index contributed by atoms with van der Waals surface area (Å²) in [5, 5.41) is 0. The zero-order valence-electron chi connectivity index (χ0n) is 14.0. The smallest absolute Gasteiger partial charge is 0.0113 e. The first-order chi connectivity index (χ1) is 9.69. The van der Waals surface area contributed by atoms with Gasteiger partial charge in [0.05, 0.1) is 0 Å². The third-order valence-corrected chi connectivity index (χ3v) is 5.55. The molecule has 0 saturated carbocycles. The van der Waals surface area contributed by atoms with Crippen LogP contribution >= 0.6 is 0 Å². The third kappa shape index (κ3) is 5.01. The number of rotatable bonds is 6. The molecule has 0 amide bonds. The summed E-state index contributed by atoms with van der Waals surface area (Å²) in [7, 11) is 2.26. The van der Waals surface area contributed by atoms with Crippen LogP contribution in [0.4, 0.5) is 0 Å². The summed E-state index contributed by atoms with van der Waals surface area (Å²) in [6.07, 6.45) is 7.02. The van der Waals surface area contributed by atoms with E-state index in [0.29, 0.717) is 0 Å². The van der Waals surface area contributed by atoms with Crippen LogP contribution in [0.2, 0.25) is 0 Å². The van der Waals surface area contributed by atoms with E-state index in [9.17, 15) is 0 Å².